The molecule has 0 aliphatic heterocycles. The van der Waals surface area contributed by atoms with Crippen molar-refractivity contribution in [2.45, 2.75) is 12.3 Å². The number of carboxylic acids is 1. The van der Waals surface area contributed by atoms with Gasteiger partial charge in [0.2, 0.25) is 0 Å². The second-order valence-electron chi connectivity index (χ2n) is 3.70. The average molecular weight is 215 g/mol. The van der Waals surface area contributed by atoms with Gasteiger partial charge in [-0.1, -0.05) is 24.3 Å². The van der Waals surface area contributed by atoms with Gasteiger partial charge in [0.05, 0.1) is 5.92 Å². The number of allylic oxidation sites excluding steroid dienone is 1. The SMILES string of the molecule is C=CCC(C(=O)O)c1c[nH]c2ccccc12. The van der Waals surface area contributed by atoms with Gasteiger partial charge in [0.1, 0.15) is 0 Å². The number of hydrogen-bond acceptors (Lipinski definition) is 1. The van der Waals surface area contributed by atoms with Gasteiger partial charge >= 0.3 is 5.97 Å². The van der Waals surface area contributed by atoms with E-state index in [2.05, 4.69) is 11.6 Å². The van der Waals surface area contributed by atoms with Crippen LogP contribution in [0.2, 0.25) is 0 Å². The van der Waals surface area contributed by atoms with Crippen molar-refractivity contribution < 1.29 is 9.90 Å². The Kier molecular flexibility index (Phi) is 2.77. The monoisotopic (exact) mass is 215 g/mol. The molecular weight excluding hydrogens is 202 g/mol. The van der Waals surface area contributed by atoms with Crippen LogP contribution in [-0.4, -0.2) is 16.1 Å². The molecule has 1 unspecified atom stereocenters. The van der Waals surface area contributed by atoms with Gasteiger partial charge in [-0.3, -0.25) is 4.79 Å². The van der Waals surface area contributed by atoms with Crippen LogP contribution in [-0.2, 0) is 4.79 Å². The minimum Gasteiger partial charge on any atom is -0.481 e. The van der Waals surface area contributed by atoms with Crippen LogP contribution in [0.1, 0.15) is 17.9 Å². The molecule has 82 valence electrons. The third-order valence-electron chi connectivity index (χ3n) is 2.70. The maximum absolute atomic E-state index is 11.2. The highest BCUT2D eigenvalue weighted by atomic mass is 16.4. The molecule has 0 saturated carbocycles. The zero-order valence-corrected chi connectivity index (χ0v) is 8.81. The van der Waals surface area contributed by atoms with Gasteiger partial charge in [0.15, 0.2) is 0 Å². The van der Waals surface area contributed by atoms with Crippen molar-refractivity contribution in [3.05, 3.63) is 48.7 Å². The molecule has 2 N–H and O–H groups in total. The van der Waals surface area contributed by atoms with Crippen LogP contribution >= 0.6 is 0 Å². The normalized spacial score (nSPS) is 12.5. The second kappa shape index (κ2) is 4.23. The van der Waals surface area contributed by atoms with Crippen molar-refractivity contribution in [2.24, 2.45) is 0 Å². The van der Waals surface area contributed by atoms with Crippen LogP contribution in [0.4, 0.5) is 0 Å². The molecule has 0 fully saturated rings. The standard InChI is InChI=1S/C13H13NO2/c1-2-5-10(13(15)16)11-8-14-12-7-4-3-6-9(11)12/h2-4,6-8,10,14H,1,5H2,(H,15,16). The maximum Gasteiger partial charge on any atom is 0.311 e. The Labute approximate surface area is 93.4 Å². The van der Waals surface area contributed by atoms with Gasteiger partial charge in [-0.15, -0.1) is 6.58 Å². The van der Waals surface area contributed by atoms with Crippen LogP contribution in [0.3, 0.4) is 0 Å². The van der Waals surface area contributed by atoms with E-state index >= 15 is 0 Å². The van der Waals surface area contributed by atoms with Crippen molar-refractivity contribution in [1.82, 2.24) is 4.98 Å². The average Bonchev–Trinajstić information content (AvgIpc) is 2.69. The fraction of sp³-hybridized carbons (Fsp3) is 0.154. The van der Waals surface area contributed by atoms with Crippen LogP contribution in [0.25, 0.3) is 10.9 Å². The summed E-state index contributed by atoms with van der Waals surface area (Å²) in [6.45, 7) is 3.60. The number of hydrogen-bond donors (Lipinski definition) is 2. The highest BCUT2D eigenvalue weighted by Crippen LogP contribution is 2.28. The first-order valence-corrected chi connectivity index (χ1v) is 5.13. The predicted octanol–water partition coefficient (Wildman–Crippen LogP) is 2.91. The van der Waals surface area contributed by atoms with Crippen LogP contribution < -0.4 is 0 Å². The highest BCUT2D eigenvalue weighted by molar-refractivity contribution is 5.89. The minimum absolute atomic E-state index is 0.442. The summed E-state index contributed by atoms with van der Waals surface area (Å²) in [5.74, 6) is -1.33. The largest absolute Gasteiger partial charge is 0.481 e. The molecule has 0 spiro atoms. The molecule has 16 heavy (non-hydrogen) atoms. The number of fused-ring (bicyclic) bond motifs is 1. The Morgan fingerprint density at radius 1 is 1.50 bits per heavy atom. The zero-order valence-electron chi connectivity index (χ0n) is 8.81. The van der Waals surface area contributed by atoms with E-state index in [4.69, 9.17) is 0 Å². The zero-order chi connectivity index (χ0) is 11.5. The maximum atomic E-state index is 11.2. The number of aliphatic carboxylic acids is 1. The van der Waals surface area contributed by atoms with Gasteiger partial charge in [-0.05, 0) is 18.1 Å². The molecule has 1 heterocycles. The Hall–Kier alpha value is -2.03. The molecule has 1 atom stereocenters. The number of rotatable bonds is 4. The number of nitrogens with one attached hydrogen (secondary N) is 1. The first kappa shape index (κ1) is 10.5. The van der Waals surface area contributed by atoms with Gasteiger partial charge < -0.3 is 10.1 Å². The molecule has 0 bridgehead atoms. The third kappa shape index (κ3) is 1.72. The lowest BCUT2D eigenvalue weighted by atomic mass is 9.95. The number of para-hydroxylation sites is 1. The predicted molar refractivity (Wildman–Crippen MR) is 63.5 cm³/mol. The Morgan fingerprint density at radius 3 is 2.94 bits per heavy atom. The van der Waals surface area contributed by atoms with Crippen molar-refractivity contribution in [3.63, 3.8) is 0 Å². The molecule has 1 aromatic heterocycles. The third-order valence-corrected chi connectivity index (χ3v) is 2.70. The number of aromatic amines is 1. The van der Waals surface area contributed by atoms with Crippen LogP contribution in [0.5, 0.6) is 0 Å². The van der Waals surface area contributed by atoms with Crippen molar-refractivity contribution in [2.75, 3.05) is 0 Å². The summed E-state index contributed by atoms with van der Waals surface area (Å²) in [6.07, 6.45) is 3.85. The molecule has 3 heteroatoms. The summed E-state index contributed by atoms with van der Waals surface area (Å²) in [5.41, 5.74) is 1.79. The summed E-state index contributed by atoms with van der Waals surface area (Å²) >= 11 is 0. The van der Waals surface area contributed by atoms with Gasteiger partial charge in [-0.2, -0.15) is 0 Å². The molecule has 2 aromatic rings. The number of benzene rings is 1. The van der Waals surface area contributed by atoms with Gasteiger partial charge in [0, 0.05) is 17.1 Å². The topological polar surface area (TPSA) is 53.1 Å². The molecule has 3 nitrogen and oxygen atoms in total. The number of aromatic nitrogens is 1. The fourth-order valence-corrected chi connectivity index (χ4v) is 1.91. The number of carboxylic acid groups (broad SMARTS) is 1. The first-order valence-electron chi connectivity index (χ1n) is 5.13. The van der Waals surface area contributed by atoms with Gasteiger partial charge in [-0.25, -0.2) is 0 Å². The molecule has 0 aliphatic rings. The molecule has 0 amide bonds. The van der Waals surface area contributed by atoms with E-state index in [-0.39, 0.29) is 0 Å². The molecule has 0 saturated heterocycles. The van der Waals surface area contributed by atoms with E-state index in [1.165, 1.54) is 0 Å². The smallest absolute Gasteiger partial charge is 0.311 e. The van der Waals surface area contributed by atoms with E-state index < -0.39 is 11.9 Å². The molecule has 2 rings (SSSR count). The quantitative estimate of drug-likeness (QED) is 0.770. The fourth-order valence-electron chi connectivity index (χ4n) is 1.91. The summed E-state index contributed by atoms with van der Waals surface area (Å²) in [7, 11) is 0. The van der Waals surface area contributed by atoms with E-state index in [1.807, 2.05) is 24.3 Å². The first-order chi connectivity index (χ1) is 7.74. The Bertz CT molecular complexity index is 527. The molecule has 0 radical (unpaired) electrons. The Morgan fingerprint density at radius 2 is 2.25 bits per heavy atom. The lowest BCUT2D eigenvalue weighted by Gasteiger charge is -2.08. The molecule has 1 aromatic carbocycles. The number of carbonyl (C=O) groups is 1. The van der Waals surface area contributed by atoms with E-state index in [9.17, 15) is 9.90 Å². The van der Waals surface area contributed by atoms with E-state index in [1.54, 1.807) is 12.3 Å². The second-order valence-corrected chi connectivity index (χ2v) is 3.70. The lowest BCUT2D eigenvalue weighted by Crippen LogP contribution is -2.10. The minimum atomic E-state index is -0.815. The highest BCUT2D eigenvalue weighted by Gasteiger charge is 2.21. The molecule has 0 aliphatic carbocycles. The number of H-pyrrole nitrogens is 1. The lowest BCUT2D eigenvalue weighted by molar-refractivity contribution is -0.138. The van der Waals surface area contributed by atoms with Crippen molar-refractivity contribution >= 4 is 16.9 Å². The summed E-state index contributed by atoms with van der Waals surface area (Å²) < 4.78 is 0. The van der Waals surface area contributed by atoms with Crippen LogP contribution in [0, 0.1) is 0 Å². The van der Waals surface area contributed by atoms with Crippen LogP contribution in [0.15, 0.2) is 43.1 Å². The Balaban J connectivity index is 2.52. The molecular formula is C13H13NO2. The van der Waals surface area contributed by atoms with E-state index in [0.29, 0.717) is 6.42 Å². The van der Waals surface area contributed by atoms with Crippen molar-refractivity contribution in [3.8, 4) is 0 Å². The van der Waals surface area contributed by atoms with Gasteiger partial charge in [0.25, 0.3) is 0 Å². The van der Waals surface area contributed by atoms with E-state index in [0.717, 1.165) is 16.5 Å². The summed E-state index contributed by atoms with van der Waals surface area (Å²) in [5, 5.41) is 10.1. The summed E-state index contributed by atoms with van der Waals surface area (Å²) in [4.78, 5) is 14.3. The summed E-state index contributed by atoms with van der Waals surface area (Å²) in [6, 6.07) is 7.70. The van der Waals surface area contributed by atoms with Crippen molar-refractivity contribution in [1.29, 1.82) is 0 Å².